The zero-order valence-corrected chi connectivity index (χ0v) is 13.3. The molecule has 1 aliphatic rings. The Labute approximate surface area is 122 Å². The number of benzene rings is 1. The van der Waals surface area contributed by atoms with E-state index in [2.05, 4.69) is 4.40 Å². The van der Waals surface area contributed by atoms with Crippen molar-refractivity contribution < 1.29 is 8.42 Å². The summed E-state index contributed by atoms with van der Waals surface area (Å²) in [6, 6.07) is 9.64. The van der Waals surface area contributed by atoms with Crippen molar-refractivity contribution in [2.75, 3.05) is 0 Å². The molecule has 3 nitrogen and oxygen atoms in total. The van der Waals surface area contributed by atoms with Gasteiger partial charge in [-0.05, 0) is 45.1 Å². The molecule has 0 N–H and O–H groups in total. The van der Waals surface area contributed by atoms with Crippen LogP contribution in [0.25, 0.3) is 0 Å². The molecule has 1 aromatic rings. The third-order valence-electron chi connectivity index (χ3n) is 3.60. The highest BCUT2D eigenvalue weighted by atomic mass is 32.2. The molecule has 0 saturated heterocycles. The van der Waals surface area contributed by atoms with Gasteiger partial charge in [0.2, 0.25) is 0 Å². The van der Waals surface area contributed by atoms with E-state index in [1.807, 2.05) is 30.3 Å². The summed E-state index contributed by atoms with van der Waals surface area (Å²) in [7, 11) is -3.48. The molecule has 0 heterocycles. The fourth-order valence-electron chi connectivity index (χ4n) is 1.90. The third-order valence-corrected chi connectivity index (χ3v) is 5.61. The van der Waals surface area contributed by atoms with Gasteiger partial charge in [0, 0.05) is 0 Å². The quantitative estimate of drug-likeness (QED) is 0.775. The second-order valence-corrected chi connectivity index (χ2v) is 8.83. The van der Waals surface area contributed by atoms with E-state index in [0.29, 0.717) is 5.71 Å². The number of sulfonamides is 1. The molecule has 1 saturated carbocycles. The average molecular weight is 293 g/mol. The first kappa shape index (κ1) is 15.2. The monoisotopic (exact) mass is 293 g/mol. The standard InChI is InChI=1S/C16H23NO2S/c1-16(2,3)20(18,19)17-15(12-11-13-9-10-13)14-7-5-4-6-8-14/h4-8,13H,9-12H2,1-3H3/b17-15+. The van der Waals surface area contributed by atoms with Crippen LogP contribution in [-0.2, 0) is 10.0 Å². The van der Waals surface area contributed by atoms with Crippen molar-refractivity contribution >= 4 is 15.7 Å². The summed E-state index contributed by atoms with van der Waals surface area (Å²) in [5.41, 5.74) is 1.62. The number of nitrogens with zero attached hydrogens (tertiary/aromatic N) is 1. The van der Waals surface area contributed by atoms with Crippen molar-refractivity contribution in [3.63, 3.8) is 0 Å². The molecule has 110 valence electrons. The van der Waals surface area contributed by atoms with E-state index >= 15 is 0 Å². The number of rotatable bonds is 5. The van der Waals surface area contributed by atoms with Gasteiger partial charge in [-0.2, -0.15) is 4.40 Å². The molecule has 1 fully saturated rings. The molecule has 0 aromatic heterocycles. The zero-order valence-electron chi connectivity index (χ0n) is 12.5. The van der Waals surface area contributed by atoms with E-state index in [9.17, 15) is 8.42 Å². The Morgan fingerprint density at radius 3 is 2.30 bits per heavy atom. The Hall–Kier alpha value is -1.16. The minimum atomic E-state index is -3.48. The lowest BCUT2D eigenvalue weighted by molar-refractivity contribution is 0.562. The maximum absolute atomic E-state index is 12.3. The van der Waals surface area contributed by atoms with Crippen molar-refractivity contribution in [1.82, 2.24) is 0 Å². The van der Waals surface area contributed by atoms with E-state index in [-0.39, 0.29) is 0 Å². The minimum Gasteiger partial charge on any atom is -0.204 e. The van der Waals surface area contributed by atoms with E-state index < -0.39 is 14.8 Å². The second-order valence-electron chi connectivity index (χ2n) is 6.47. The molecule has 4 heteroatoms. The van der Waals surface area contributed by atoms with Gasteiger partial charge in [-0.3, -0.25) is 0 Å². The van der Waals surface area contributed by atoms with Crippen LogP contribution in [0.5, 0.6) is 0 Å². The molecular weight excluding hydrogens is 270 g/mol. The lowest BCUT2D eigenvalue weighted by atomic mass is 10.0. The SMILES string of the molecule is CC(C)(C)S(=O)(=O)/N=C(\CCC1CC1)c1ccccc1. The molecule has 0 amide bonds. The van der Waals surface area contributed by atoms with E-state index in [0.717, 1.165) is 24.3 Å². The van der Waals surface area contributed by atoms with E-state index in [4.69, 9.17) is 0 Å². The molecule has 0 aliphatic heterocycles. The number of hydrogen-bond donors (Lipinski definition) is 0. The van der Waals surface area contributed by atoms with Gasteiger partial charge in [0.25, 0.3) is 10.0 Å². The molecule has 0 unspecified atom stereocenters. The van der Waals surface area contributed by atoms with E-state index in [1.54, 1.807) is 20.8 Å². The summed E-state index contributed by atoms with van der Waals surface area (Å²) in [6.45, 7) is 5.07. The highest BCUT2D eigenvalue weighted by Gasteiger charge is 2.29. The van der Waals surface area contributed by atoms with Crippen LogP contribution in [0.2, 0.25) is 0 Å². The van der Waals surface area contributed by atoms with Gasteiger partial charge in [0.05, 0.1) is 10.5 Å². The first-order chi connectivity index (χ1) is 9.29. The van der Waals surface area contributed by atoms with Gasteiger partial charge in [0.1, 0.15) is 0 Å². The van der Waals surface area contributed by atoms with Crippen LogP contribution in [0.3, 0.4) is 0 Å². The molecule has 0 bridgehead atoms. The molecule has 0 atom stereocenters. The van der Waals surface area contributed by atoms with Crippen molar-refractivity contribution in [3.8, 4) is 0 Å². The molecule has 0 spiro atoms. The second kappa shape index (κ2) is 5.68. The van der Waals surface area contributed by atoms with Crippen LogP contribution < -0.4 is 0 Å². The average Bonchev–Trinajstić information content (AvgIpc) is 3.18. The van der Waals surface area contributed by atoms with Gasteiger partial charge >= 0.3 is 0 Å². The molecular formula is C16H23NO2S. The smallest absolute Gasteiger partial charge is 0.204 e. The predicted octanol–water partition coefficient (Wildman–Crippen LogP) is 3.79. The highest BCUT2D eigenvalue weighted by molar-refractivity contribution is 7.91. The largest absolute Gasteiger partial charge is 0.258 e. The molecule has 1 aliphatic carbocycles. The summed E-state index contributed by atoms with van der Waals surface area (Å²) in [6.07, 6.45) is 4.32. The van der Waals surface area contributed by atoms with Crippen LogP contribution in [0.1, 0.15) is 52.0 Å². The third kappa shape index (κ3) is 3.92. The fraction of sp³-hybridized carbons (Fsp3) is 0.562. The maximum Gasteiger partial charge on any atom is 0.258 e. The topological polar surface area (TPSA) is 46.5 Å². The van der Waals surface area contributed by atoms with Gasteiger partial charge in [-0.15, -0.1) is 0 Å². The predicted molar refractivity (Wildman–Crippen MR) is 83.6 cm³/mol. The van der Waals surface area contributed by atoms with Crippen molar-refractivity contribution in [2.45, 2.75) is 51.2 Å². The Balaban J connectivity index is 2.30. The summed E-state index contributed by atoms with van der Waals surface area (Å²) in [5, 5.41) is 0. The summed E-state index contributed by atoms with van der Waals surface area (Å²) in [4.78, 5) is 0. The lowest BCUT2D eigenvalue weighted by Gasteiger charge is -2.17. The lowest BCUT2D eigenvalue weighted by Crippen LogP contribution is -2.27. The first-order valence-electron chi connectivity index (χ1n) is 7.18. The molecule has 1 aromatic carbocycles. The van der Waals surface area contributed by atoms with Crippen LogP contribution in [0, 0.1) is 5.92 Å². The Morgan fingerprint density at radius 1 is 1.20 bits per heavy atom. The summed E-state index contributed by atoms with van der Waals surface area (Å²) in [5.74, 6) is 0.765. The van der Waals surface area contributed by atoms with Crippen molar-refractivity contribution in [1.29, 1.82) is 0 Å². The van der Waals surface area contributed by atoms with Gasteiger partial charge < -0.3 is 0 Å². The molecule has 2 rings (SSSR count). The molecule has 20 heavy (non-hydrogen) atoms. The summed E-state index contributed by atoms with van der Waals surface area (Å²) < 4.78 is 27.9. The van der Waals surface area contributed by atoms with Crippen molar-refractivity contribution in [3.05, 3.63) is 35.9 Å². The summed E-state index contributed by atoms with van der Waals surface area (Å²) >= 11 is 0. The Kier molecular flexibility index (Phi) is 4.33. The van der Waals surface area contributed by atoms with E-state index in [1.165, 1.54) is 12.8 Å². The van der Waals surface area contributed by atoms with Gasteiger partial charge in [0.15, 0.2) is 0 Å². The van der Waals surface area contributed by atoms with Crippen molar-refractivity contribution in [2.24, 2.45) is 10.3 Å². The van der Waals surface area contributed by atoms with Gasteiger partial charge in [-0.25, -0.2) is 8.42 Å². The number of hydrogen-bond acceptors (Lipinski definition) is 2. The van der Waals surface area contributed by atoms with Crippen LogP contribution in [0.15, 0.2) is 34.7 Å². The van der Waals surface area contributed by atoms with Crippen LogP contribution >= 0.6 is 0 Å². The first-order valence-corrected chi connectivity index (χ1v) is 8.62. The highest BCUT2D eigenvalue weighted by Crippen LogP contribution is 2.34. The normalized spacial score (nSPS) is 17.2. The zero-order chi connectivity index (χ0) is 14.8. The molecule has 0 radical (unpaired) electrons. The maximum atomic E-state index is 12.3. The Bertz CT molecular complexity index is 579. The van der Waals surface area contributed by atoms with Gasteiger partial charge in [-0.1, -0.05) is 43.2 Å². The van der Waals surface area contributed by atoms with Crippen LogP contribution in [0.4, 0.5) is 0 Å². The Morgan fingerprint density at radius 2 is 1.80 bits per heavy atom. The minimum absolute atomic E-state index is 0.701. The fourth-order valence-corrected chi connectivity index (χ4v) is 2.66. The van der Waals surface area contributed by atoms with Crippen LogP contribution in [-0.4, -0.2) is 18.9 Å².